The second-order valence-corrected chi connectivity index (χ2v) is 10.6. The number of hydrogen-bond acceptors (Lipinski definition) is 8. The minimum absolute atomic E-state index is 0.146. The van der Waals surface area contributed by atoms with Gasteiger partial charge in [0.1, 0.15) is 17.4 Å². The van der Waals surface area contributed by atoms with Crippen LogP contribution in [0.3, 0.4) is 0 Å². The molecule has 0 radical (unpaired) electrons. The topological polar surface area (TPSA) is 166 Å². The Morgan fingerprint density at radius 3 is 2.31 bits per heavy atom. The zero-order valence-electron chi connectivity index (χ0n) is 22.5. The van der Waals surface area contributed by atoms with Crippen LogP contribution in [0.2, 0.25) is 0 Å². The van der Waals surface area contributed by atoms with Crippen LogP contribution >= 0.6 is 0 Å². The molecule has 210 valence electrons. The van der Waals surface area contributed by atoms with E-state index in [-0.39, 0.29) is 23.7 Å². The number of carbonyl (C=O) groups is 4. The summed E-state index contributed by atoms with van der Waals surface area (Å²) < 4.78 is 15.5. The lowest BCUT2D eigenvalue weighted by molar-refractivity contribution is -0.133. The Kier molecular flexibility index (Phi) is 8.69. The second-order valence-electron chi connectivity index (χ2n) is 10.6. The van der Waals surface area contributed by atoms with Crippen LogP contribution in [0, 0.1) is 5.92 Å². The highest BCUT2D eigenvalue weighted by Gasteiger charge is 2.50. The van der Waals surface area contributed by atoms with Crippen molar-refractivity contribution in [2.75, 3.05) is 13.7 Å². The summed E-state index contributed by atoms with van der Waals surface area (Å²) in [4.78, 5) is 51.5. The van der Waals surface area contributed by atoms with Crippen molar-refractivity contribution in [2.24, 2.45) is 11.7 Å². The number of ketones is 1. The summed E-state index contributed by atoms with van der Waals surface area (Å²) in [5.41, 5.74) is 5.33. The van der Waals surface area contributed by atoms with Crippen LogP contribution < -0.4 is 21.1 Å². The van der Waals surface area contributed by atoms with Gasteiger partial charge in [0.2, 0.25) is 17.6 Å². The van der Waals surface area contributed by atoms with Crippen molar-refractivity contribution in [3.63, 3.8) is 0 Å². The summed E-state index contributed by atoms with van der Waals surface area (Å²) in [5, 5.41) is 9.50. The van der Waals surface area contributed by atoms with Crippen LogP contribution in [0.5, 0.6) is 5.75 Å². The van der Waals surface area contributed by atoms with Crippen molar-refractivity contribution < 1.29 is 33.2 Å². The van der Waals surface area contributed by atoms with Gasteiger partial charge in [-0.1, -0.05) is 43.0 Å². The molecule has 2 aliphatic rings. The molecule has 1 saturated heterocycles. The van der Waals surface area contributed by atoms with Gasteiger partial charge < -0.3 is 30.4 Å². The number of epoxide rings is 1. The normalized spacial score (nSPS) is 21.0. The van der Waals surface area contributed by atoms with Gasteiger partial charge in [0.15, 0.2) is 5.78 Å². The molecule has 2 heterocycles. The highest BCUT2D eigenvalue weighted by molar-refractivity contribution is 5.98. The smallest absolute Gasteiger partial charge is 0.287 e. The molecule has 1 saturated carbocycles. The predicted octanol–water partition coefficient (Wildman–Crippen LogP) is 2.04. The Morgan fingerprint density at radius 2 is 1.74 bits per heavy atom. The van der Waals surface area contributed by atoms with Crippen molar-refractivity contribution in [1.29, 1.82) is 0 Å². The molecule has 0 bridgehead atoms. The van der Waals surface area contributed by atoms with E-state index < -0.39 is 41.3 Å². The largest absolute Gasteiger partial charge is 0.497 e. The van der Waals surface area contributed by atoms with E-state index in [1.54, 1.807) is 33.1 Å². The summed E-state index contributed by atoms with van der Waals surface area (Å²) in [6, 6.07) is 6.77. The molecule has 11 heteroatoms. The SMILES string of the molecule is COc1ccc(C[C@H](NC(=O)[C@H](C)c2cc(C(N)=O)on2)C(=O)N[C@@H](CC2CCCC2)C(=O)[C@@]2(C)CO2)cc1. The van der Waals surface area contributed by atoms with Crippen molar-refractivity contribution >= 4 is 23.5 Å². The Balaban J connectivity index is 1.52. The van der Waals surface area contributed by atoms with Gasteiger partial charge in [-0.25, -0.2) is 0 Å². The van der Waals surface area contributed by atoms with Crippen molar-refractivity contribution in [1.82, 2.24) is 15.8 Å². The maximum atomic E-state index is 13.7. The van der Waals surface area contributed by atoms with Crippen LogP contribution in [-0.2, 0) is 25.5 Å². The molecule has 2 aromatic rings. The van der Waals surface area contributed by atoms with Gasteiger partial charge in [-0.3, -0.25) is 19.2 Å². The molecule has 3 amide bonds. The third kappa shape index (κ3) is 7.03. The molecule has 0 spiro atoms. The molecular formula is C28H36N4O7. The lowest BCUT2D eigenvalue weighted by Crippen LogP contribution is -2.55. The van der Waals surface area contributed by atoms with E-state index >= 15 is 0 Å². The first-order chi connectivity index (χ1) is 18.6. The quantitative estimate of drug-likeness (QED) is 0.325. The number of Topliss-reactive ketones (excluding diaryl/α,β-unsaturated/α-hetero) is 1. The molecule has 11 nitrogen and oxygen atoms in total. The van der Waals surface area contributed by atoms with Crippen molar-refractivity contribution in [3.8, 4) is 5.75 Å². The van der Waals surface area contributed by atoms with Gasteiger partial charge in [-0.15, -0.1) is 0 Å². The van der Waals surface area contributed by atoms with Crippen LogP contribution in [0.4, 0.5) is 0 Å². The fraction of sp³-hybridized carbons (Fsp3) is 0.536. The van der Waals surface area contributed by atoms with Gasteiger partial charge >= 0.3 is 0 Å². The number of hydrogen-bond donors (Lipinski definition) is 3. The van der Waals surface area contributed by atoms with Crippen LogP contribution in [-0.4, -0.2) is 60.1 Å². The highest BCUT2D eigenvalue weighted by Crippen LogP contribution is 2.33. The maximum absolute atomic E-state index is 13.7. The third-order valence-corrected chi connectivity index (χ3v) is 7.62. The van der Waals surface area contributed by atoms with E-state index in [1.165, 1.54) is 6.07 Å². The van der Waals surface area contributed by atoms with E-state index in [0.29, 0.717) is 24.7 Å². The minimum Gasteiger partial charge on any atom is -0.497 e. The lowest BCUT2D eigenvalue weighted by atomic mass is 9.90. The third-order valence-electron chi connectivity index (χ3n) is 7.62. The number of nitrogens with two attached hydrogens (primary N) is 1. The van der Waals surface area contributed by atoms with E-state index in [9.17, 15) is 19.2 Å². The summed E-state index contributed by atoms with van der Waals surface area (Å²) in [6.07, 6.45) is 4.98. The number of nitrogens with one attached hydrogen (secondary N) is 2. The zero-order valence-corrected chi connectivity index (χ0v) is 22.5. The number of rotatable bonds is 13. The molecule has 2 fully saturated rings. The number of methoxy groups -OCH3 is 1. The second kappa shape index (κ2) is 12.0. The standard InChI is InChI=1S/C28H36N4O7/c1-16(20-14-23(25(29)34)39-32-20)26(35)31-22(13-18-8-10-19(37-3)11-9-18)27(36)30-21(12-17-6-4-5-7-17)24(33)28(2)15-38-28/h8-11,14,16-17,21-22H,4-7,12-13,15H2,1-3H3,(H2,29,34)(H,30,36)(H,31,35)/t16-,21+,22+,28-/m1/s1. The van der Waals surface area contributed by atoms with Crippen molar-refractivity contribution in [3.05, 3.63) is 47.3 Å². The van der Waals surface area contributed by atoms with Crippen molar-refractivity contribution in [2.45, 2.75) is 76.0 Å². The predicted molar refractivity (Wildman–Crippen MR) is 140 cm³/mol. The number of aromatic nitrogens is 1. The Bertz CT molecular complexity index is 1200. The molecule has 4 N–H and O–H groups in total. The Morgan fingerprint density at radius 1 is 1.10 bits per heavy atom. The molecule has 4 rings (SSSR count). The first-order valence-corrected chi connectivity index (χ1v) is 13.3. The number of primary amides is 1. The van der Waals surface area contributed by atoms with E-state index in [0.717, 1.165) is 31.2 Å². The molecule has 1 aromatic heterocycles. The zero-order chi connectivity index (χ0) is 28.2. The molecule has 0 unspecified atom stereocenters. The monoisotopic (exact) mass is 540 g/mol. The number of benzene rings is 1. The van der Waals surface area contributed by atoms with E-state index in [4.69, 9.17) is 19.7 Å². The number of carbonyl (C=O) groups excluding carboxylic acids is 4. The number of nitrogens with zero attached hydrogens (tertiary/aromatic N) is 1. The first-order valence-electron chi connectivity index (χ1n) is 13.3. The van der Waals surface area contributed by atoms with Gasteiger partial charge in [0.05, 0.1) is 31.4 Å². The van der Waals surface area contributed by atoms with Crippen LogP contribution in [0.15, 0.2) is 34.9 Å². The van der Waals surface area contributed by atoms with Gasteiger partial charge in [0.25, 0.3) is 5.91 Å². The minimum atomic E-state index is -0.984. The van der Waals surface area contributed by atoms with Gasteiger partial charge in [-0.05, 0) is 43.9 Å². The molecule has 39 heavy (non-hydrogen) atoms. The molecular weight excluding hydrogens is 504 g/mol. The number of amides is 3. The van der Waals surface area contributed by atoms with Crippen LogP contribution in [0.25, 0.3) is 0 Å². The van der Waals surface area contributed by atoms with Gasteiger partial charge in [-0.2, -0.15) is 0 Å². The Hall–Kier alpha value is -3.73. The maximum Gasteiger partial charge on any atom is 0.287 e. The molecule has 1 aromatic carbocycles. The van der Waals surface area contributed by atoms with Gasteiger partial charge in [0, 0.05) is 12.5 Å². The summed E-state index contributed by atoms with van der Waals surface area (Å²) in [5.74, 6) is -1.90. The summed E-state index contributed by atoms with van der Waals surface area (Å²) in [6.45, 7) is 3.65. The van der Waals surface area contributed by atoms with E-state index in [1.807, 2.05) is 12.1 Å². The fourth-order valence-corrected chi connectivity index (χ4v) is 4.95. The van der Waals surface area contributed by atoms with E-state index in [2.05, 4.69) is 15.8 Å². The van der Waals surface area contributed by atoms with Crippen LogP contribution in [0.1, 0.15) is 73.7 Å². The summed E-state index contributed by atoms with van der Waals surface area (Å²) >= 11 is 0. The molecule has 1 aliphatic heterocycles. The summed E-state index contributed by atoms with van der Waals surface area (Å²) in [7, 11) is 1.56. The lowest BCUT2D eigenvalue weighted by Gasteiger charge is -2.26. The average Bonchev–Trinajstić information content (AvgIpc) is 3.29. The molecule has 4 atom stereocenters. The average molecular weight is 541 g/mol. The highest BCUT2D eigenvalue weighted by atomic mass is 16.6. The fourth-order valence-electron chi connectivity index (χ4n) is 4.95. The molecule has 1 aliphatic carbocycles. The number of ether oxygens (including phenoxy) is 2. The first kappa shape index (κ1) is 28.3. The Labute approximate surface area is 227 Å².